The average Bonchev–Trinajstić information content (AvgIpc) is 2.90. The predicted octanol–water partition coefficient (Wildman–Crippen LogP) is 4.14. The maximum absolute atomic E-state index is 11.0. The fourth-order valence-corrected chi connectivity index (χ4v) is 2.40. The van der Waals surface area contributed by atoms with E-state index in [1.807, 2.05) is 39.0 Å². The highest BCUT2D eigenvalue weighted by Crippen LogP contribution is 2.32. The molecule has 0 saturated carbocycles. The molecule has 0 aliphatic carbocycles. The lowest BCUT2D eigenvalue weighted by Gasteiger charge is -2.09. The van der Waals surface area contributed by atoms with Gasteiger partial charge in [0.2, 0.25) is 0 Å². The van der Waals surface area contributed by atoms with Gasteiger partial charge in [0.15, 0.2) is 0 Å². The van der Waals surface area contributed by atoms with Crippen molar-refractivity contribution in [3.05, 3.63) is 51.3 Å². The number of nitrogens with one attached hydrogen (secondary N) is 1. The minimum absolute atomic E-state index is 0.142. The summed E-state index contributed by atoms with van der Waals surface area (Å²) < 4.78 is 5.89. The van der Waals surface area contributed by atoms with Crippen LogP contribution in [0.4, 0.5) is 5.69 Å². The fraction of sp³-hybridized carbons (Fsp3) is 0.375. The molecule has 0 spiro atoms. The number of hydrogen-bond acceptors (Lipinski definition) is 4. The van der Waals surface area contributed by atoms with E-state index in [1.165, 1.54) is 0 Å². The molecule has 0 radical (unpaired) electrons. The summed E-state index contributed by atoms with van der Waals surface area (Å²) in [7, 11) is 0. The first kappa shape index (κ1) is 15.3. The Balaban J connectivity index is 2.39. The molecule has 5 heteroatoms. The number of benzene rings is 1. The lowest BCUT2D eigenvalue weighted by Crippen LogP contribution is -2.16. The van der Waals surface area contributed by atoms with Crippen LogP contribution in [-0.2, 0) is 0 Å². The van der Waals surface area contributed by atoms with Gasteiger partial charge in [-0.1, -0.05) is 6.92 Å². The van der Waals surface area contributed by atoms with Gasteiger partial charge in [-0.2, -0.15) is 0 Å². The first-order valence-electron chi connectivity index (χ1n) is 7.03. The highest BCUT2D eigenvalue weighted by Gasteiger charge is 2.17. The maximum Gasteiger partial charge on any atom is 0.272 e. The number of aryl methyl sites for hydroxylation is 2. The van der Waals surface area contributed by atoms with Crippen molar-refractivity contribution in [3.8, 4) is 11.3 Å². The van der Waals surface area contributed by atoms with Crippen LogP contribution in [0.15, 0.2) is 28.7 Å². The summed E-state index contributed by atoms with van der Waals surface area (Å²) in [6, 6.07) is 7.41. The molecule has 0 amide bonds. The molecule has 5 nitrogen and oxygen atoms in total. The third-order valence-electron chi connectivity index (χ3n) is 3.57. The third-order valence-corrected chi connectivity index (χ3v) is 3.57. The van der Waals surface area contributed by atoms with E-state index in [9.17, 15) is 10.1 Å². The first-order chi connectivity index (χ1) is 9.93. The van der Waals surface area contributed by atoms with Crippen LogP contribution in [0, 0.1) is 24.0 Å². The number of nitrogens with zero attached hydrogens (tertiary/aromatic N) is 1. The van der Waals surface area contributed by atoms with Gasteiger partial charge >= 0.3 is 0 Å². The van der Waals surface area contributed by atoms with Crippen LogP contribution in [0.5, 0.6) is 0 Å². The largest absolute Gasteiger partial charge is 0.459 e. The Bertz CT molecular complexity index is 662. The van der Waals surface area contributed by atoms with Crippen molar-refractivity contribution in [1.82, 2.24) is 5.32 Å². The van der Waals surface area contributed by atoms with Crippen molar-refractivity contribution in [1.29, 1.82) is 0 Å². The second kappa shape index (κ2) is 6.10. The summed E-state index contributed by atoms with van der Waals surface area (Å²) in [4.78, 5) is 10.6. The zero-order valence-electron chi connectivity index (χ0n) is 12.8. The molecule has 2 rings (SSSR count). The summed E-state index contributed by atoms with van der Waals surface area (Å²) in [5.41, 5.74) is 2.51. The molecule has 21 heavy (non-hydrogen) atoms. The lowest BCUT2D eigenvalue weighted by molar-refractivity contribution is -0.385. The summed E-state index contributed by atoms with van der Waals surface area (Å²) in [5.74, 6) is 1.60. The van der Waals surface area contributed by atoms with Gasteiger partial charge in [0.25, 0.3) is 5.69 Å². The number of nitro groups is 1. The molecular weight excluding hydrogens is 268 g/mol. The van der Waals surface area contributed by atoms with E-state index in [1.54, 1.807) is 13.0 Å². The van der Waals surface area contributed by atoms with Crippen molar-refractivity contribution < 1.29 is 9.34 Å². The molecule has 0 bridgehead atoms. The quantitative estimate of drug-likeness (QED) is 0.663. The molecule has 1 atom stereocenters. The van der Waals surface area contributed by atoms with Gasteiger partial charge < -0.3 is 9.73 Å². The Morgan fingerprint density at radius 1 is 1.29 bits per heavy atom. The van der Waals surface area contributed by atoms with Gasteiger partial charge in [0.1, 0.15) is 11.5 Å². The second-order valence-electron chi connectivity index (χ2n) is 5.19. The number of rotatable bonds is 5. The van der Waals surface area contributed by atoms with E-state index in [-0.39, 0.29) is 16.7 Å². The Kier molecular flexibility index (Phi) is 4.43. The summed E-state index contributed by atoms with van der Waals surface area (Å²) in [6.45, 7) is 8.56. The standard InChI is InChI=1S/C16H20N2O3/c1-5-17-12(4)15-6-7-16(21-15)13-8-11(3)14(18(19)20)9-10(13)2/h6-9,12,17H,5H2,1-4H3. The van der Waals surface area contributed by atoms with Crippen molar-refractivity contribution in [2.75, 3.05) is 6.54 Å². The Morgan fingerprint density at radius 3 is 2.62 bits per heavy atom. The molecule has 2 aromatic rings. The van der Waals surface area contributed by atoms with Crippen LogP contribution in [0.3, 0.4) is 0 Å². The minimum atomic E-state index is -0.354. The molecule has 1 heterocycles. The molecule has 0 saturated heterocycles. The van der Waals surface area contributed by atoms with Crippen molar-refractivity contribution in [2.45, 2.75) is 33.7 Å². The van der Waals surface area contributed by atoms with Crippen LogP contribution in [0.2, 0.25) is 0 Å². The van der Waals surface area contributed by atoms with Crippen molar-refractivity contribution in [3.63, 3.8) is 0 Å². The molecular formula is C16H20N2O3. The van der Waals surface area contributed by atoms with E-state index in [0.717, 1.165) is 29.2 Å². The van der Waals surface area contributed by atoms with Crippen LogP contribution in [-0.4, -0.2) is 11.5 Å². The molecule has 1 N–H and O–H groups in total. The Labute approximate surface area is 124 Å². The Hall–Kier alpha value is -2.14. The van der Waals surface area contributed by atoms with Crippen LogP contribution in [0.25, 0.3) is 11.3 Å². The second-order valence-corrected chi connectivity index (χ2v) is 5.19. The number of nitro benzene ring substituents is 1. The highest BCUT2D eigenvalue weighted by atomic mass is 16.6. The number of hydrogen-bond donors (Lipinski definition) is 1. The van der Waals surface area contributed by atoms with Gasteiger partial charge in [-0.3, -0.25) is 10.1 Å². The van der Waals surface area contributed by atoms with E-state index in [4.69, 9.17) is 4.42 Å². The molecule has 1 unspecified atom stereocenters. The lowest BCUT2D eigenvalue weighted by atomic mass is 10.0. The van der Waals surface area contributed by atoms with Gasteiger partial charge in [-0.05, 0) is 51.1 Å². The normalized spacial score (nSPS) is 12.4. The van der Waals surface area contributed by atoms with Gasteiger partial charge in [0, 0.05) is 17.2 Å². The van der Waals surface area contributed by atoms with E-state index < -0.39 is 0 Å². The van der Waals surface area contributed by atoms with Crippen molar-refractivity contribution in [2.24, 2.45) is 0 Å². The molecule has 1 aromatic carbocycles. The van der Waals surface area contributed by atoms with Crippen LogP contribution in [0.1, 0.15) is 36.8 Å². The summed E-state index contributed by atoms with van der Waals surface area (Å²) >= 11 is 0. The average molecular weight is 288 g/mol. The van der Waals surface area contributed by atoms with Gasteiger partial charge in [-0.15, -0.1) is 0 Å². The SMILES string of the molecule is CCNC(C)c1ccc(-c2cc(C)c([N+](=O)[O-])cc2C)o1. The third kappa shape index (κ3) is 3.13. The van der Waals surface area contributed by atoms with Gasteiger partial charge in [-0.25, -0.2) is 0 Å². The van der Waals surface area contributed by atoms with Gasteiger partial charge in [0.05, 0.1) is 11.0 Å². The molecule has 0 fully saturated rings. The summed E-state index contributed by atoms with van der Waals surface area (Å²) in [5, 5.41) is 14.3. The van der Waals surface area contributed by atoms with E-state index in [0.29, 0.717) is 5.56 Å². The van der Waals surface area contributed by atoms with E-state index >= 15 is 0 Å². The molecule has 0 aliphatic heterocycles. The van der Waals surface area contributed by atoms with E-state index in [2.05, 4.69) is 5.32 Å². The molecule has 112 valence electrons. The molecule has 1 aromatic heterocycles. The fourth-order valence-electron chi connectivity index (χ4n) is 2.40. The zero-order chi connectivity index (χ0) is 15.6. The van der Waals surface area contributed by atoms with Crippen LogP contribution < -0.4 is 5.32 Å². The topological polar surface area (TPSA) is 68.3 Å². The highest BCUT2D eigenvalue weighted by molar-refractivity contribution is 5.66. The maximum atomic E-state index is 11.0. The predicted molar refractivity (Wildman–Crippen MR) is 82.4 cm³/mol. The monoisotopic (exact) mass is 288 g/mol. The minimum Gasteiger partial charge on any atom is -0.459 e. The smallest absolute Gasteiger partial charge is 0.272 e. The van der Waals surface area contributed by atoms with Crippen molar-refractivity contribution >= 4 is 5.69 Å². The first-order valence-corrected chi connectivity index (χ1v) is 7.03. The Morgan fingerprint density at radius 2 is 2.00 bits per heavy atom. The zero-order valence-corrected chi connectivity index (χ0v) is 12.8. The summed E-state index contributed by atoms with van der Waals surface area (Å²) in [6.07, 6.45) is 0. The number of furan rings is 1. The molecule has 0 aliphatic rings. The van der Waals surface area contributed by atoms with Crippen LogP contribution >= 0.6 is 0 Å².